The predicted molar refractivity (Wildman–Crippen MR) is 68.3 cm³/mol. The highest BCUT2D eigenvalue weighted by molar-refractivity contribution is 5.20. The van der Waals surface area contributed by atoms with Gasteiger partial charge in [0.2, 0.25) is 0 Å². The fourth-order valence-corrected chi connectivity index (χ4v) is 1.68. The van der Waals surface area contributed by atoms with Gasteiger partial charge in [0.15, 0.2) is 11.6 Å². The maximum absolute atomic E-state index is 13.0. The fraction of sp³-hybridized carbons (Fsp3) is 0.571. The Labute approximate surface area is 107 Å². The van der Waals surface area contributed by atoms with E-state index < -0.39 is 17.7 Å². The molecular formula is C14H21F2NO. The minimum atomic E-state index is -0.930. The number of halogens is 2. The minimum absolute atomic E-state index is 0.0421. The lowest BCUT2D eigenvalue weighted by molar-refractivity contribution is 0.155. The van der Waals surface area contributed by atoms with Crippen LogP contribution in [-0.4, -0.2) is 17.2 Å². The minimum Gasteiger partial charge on any atom is -0.387 e. The average molecular weight is 257 g/mol. The maximum Gasteiger partial charge on any atom is 0.159 e. The second kappa shape index (κ2) is 6.25. The third kappa shape index (κ3) is 3.75. The predicted octanol–water partition coefficient (Wildman–Crippen LogP) is 3.17. The molecule has 0 aliphatic rings. The number of nitrogens with one attached hydrogen (secondary N) is 1. The van der Waals surface area contributed by atoms with Crippen LogP contribution in [0.1, 0.15) is 45.3 Å². The van der Waals surface area contributed by atoms with Gasteiger partial charge in [0, 0.05) is 12.1 Å². The quantitative estimate of drug-likeness (QED) is 0.820. The molecule has 0 bridgehead atoms. The normalized spacial score (nSPS) is 13.7. The Kier molecular flexibility index (Phi) is 5.23. The summed E-state index contributed by atoms with van der Waals surface area (Å²) < 4.78 is 25.8. The first-order valence-electron chi connectivity index (χ1n) is 6.30. The monoisotopic (exact) mass is 257 g/mol. The van der Waals surface area contributed by atoms with Gasteiger partial charge >= 0.3 is 0 Å². The highest BCUT2D eigenvalue weighted by atomic mass is 19.2. The molecule has 4 heteroatoms. The highest BCUT2D eigenvalue weighted by Crippen LogP contribution is 2.18. The molecule has 1 atom stereocenters. The lowest BCUT2D eigenvalue weighted by Crippen LogP contribution is -2.43. The van der Waals surface area contributed by atoms with E-state index in [4.69, 9.17) is 0 Å². The molecule has 0 fully saturated rings. The molecule has 0 radical (unpaired) electrons. The largest absolute Gasteiger partial charge is 0.387 e. The van der Waals surface area contributed by atoms with Gasteiger partial charge in [-0.3, -0.25) is 0 Å². The van der Waals surface area contributed by atoms with Gasteiger partial charge in [0.05, 0.1) is 6.10 Å². The summed E-state index contributed by atoms with van der Waals surface area (Å²) in [5.74, 6) is -1.83. The molecule has 2 N–H and O–H groups in total. The van der Waals surface area contributed by atoms with E-state index in [1.807, 2.05) is 0 Å². The Morgan fingerprint density at radius 1 is 1.22 bits per heavy atom. The molecule has 1 rings (SSSR count). The molecule has 1 aromatic rings. The summed E-state index contributed by atoms with van der Waals surface area (Å²) in [5.41, 5.74) is 0.343. The van der Waals surface area contributed by atoms with Crippen LogP contribution in [0, 0.1) is 11.6 Å². The molecule has 0 spiro atoms. The van der Waals surface area contributed by atoms with E-state index in [1.165, 1.54) is 6.07 Å². The van der Waals surface area contributed by atoms with Crippen molar-refractivity contribution in [3.05, 3.63) is 35.4 Å². The molecule has 102 valence electrons. The second-order valence-electron chi connectivity index (χ2n) is 4.84. The number of benzene rings is 1. The molecule has 2 nitrogen and oxygen atoms in total. The summed E-state index contributed by atoms with van der Waals surface area (Å²) in [6.07, 6.45) is 1.04. The van der Waals surface area contributed by atoms with Crippen LogP contribution in [0.3, 0.4) is 0 Å². The Balaban J connectivity index is 2.65. The lowest BCUT2D eigenvalue weighted by Gasteiger charge is -2.29. The van der Waals surface area contributed by atoms with Gasteiger partial charge in [-0.2, -0.15) is 0 Å². The topological polar surface area (TPSA) is 32.3 Å². The molecule has 0 aliphatic heterocycles. The van der Waals surface area contributed by atoms with Crippen LogP contribution in [0.5, 0.6) is 0 Å². The van der Waals surface area contributed by atoms with E-state index in [-0.39, 0.29) is 5.54 Å². The Morgan fingerprint density at radius 2 is 1.83 bits per heavy atom. The van der Waals surface area contributed by atoms with Crippen molar-refractivity contribution in [2.75, 3.05) is 6.54 Å². The summed E-state index contributed by atoms with van der Waals surface area (Å²) in [6.45, 7) is 6.54. The molecule has 0 aliphatic carbocycles. The SMILES string of the molecule is CCC(C)(CC)NCC(O)c1ccc(F)c(F)c1. The van der Waals surface area contributed by atoms with Crippen LogP contribution < -0.4 is 5.32 Å². The zero-order chi connectivity index (χ0) is 13.8. The Bertz CT molecular complexity index is 391. The van der Waals surface area contributed by atoms with Crippen molar-refractivity contribution in [2.45, 2.75) is 45.3 Å². The number of hydrogen-bond donors (Lipinski definition) is 2. The zero-order valence-electron chi connectivity index (χ0n) is 11.1. The molecule has 0 amide bonds. The molecular weight excluding hydrogens is 236 g/mol. The number of rotatable bonds is 6. The van der Waals surface area contributed by atoms with Crippen LogP contribution in [-0.2, 0) is 0 Å². The van der Waals surface area contributed by atoms with Crippen molar-refractivity contribution in [1.82, 2.24) is 5.32 Å². The molecule has 1 aromatic carbocycles. The van der Waals surface area contributed by atoms with Gasteiger partial charge in [-0.15, -0.1) is 0 Å². The first-order valence-corrected chi connectivity index (χ1v) is 6.30. The molecule has 1 unspecified atom stereocenters. The van der Waals surface area contributed by atoms with Gasteiger partial charge in [-0.25, -0.2) is 8.78 Å². The standard InChI is InChI=1S/C14H21F2NO/c1-4-14(3,5-2)17-9-13(18)10-6-7-11(15)12(16)8-10/h6-8,13,17-18H,4-5,9H2,1-3H3. The molecule has 0 aromatic heterocycles. The van der Waals surface area contributed by atoms with Crippen LogP contribution >= 0.6 is 0 Å². The van der Waals surface area contributed by atoms with Crippen molar-refractivity contribution >= 4 is 0 Å². The number of aliphatic hydroxyl groups is 1. The lowest BCUT2D eigenvalue weighted by atomic mass is 9.95. The van der Waals surface area contributed by atoms with Gasteiger partial charge < -0.3 is 10.4 Å². The highest BCUT2D eigenvalue weighted by Gasteiger charge is 2.20. The molecule has 0 heterocycles. The van der Waals surface area contributed by atoms with Crippen molar-refractivity contribution < 1.29 is 13.9 Å². The van der Waals surface area contributed by atoms with E-state index in [2.05, 4.69) is 26.1 Å². The first kappa shape index (κ1) is 15.1. The molecule has 18 heavy (non-hydrogen) atoms. The van der Waals surface area contributed by atoms with E-state index in [0.29, 0.717) is 12.1 Å². The number of β-amino-alcohol motifs (C(OH)–C–C–N with tert-alkyl or cyclic N) is 1. The summed E-state index contributed by atoms with van der Waals surface area (Å²) in [5, 5.41) is 13.2. The van der Waals surface area contributed by atoms with Crippen molar-refractivity contribution in [2.24, 2.45) is 0 Å². The summed E-state index contributed by atoms with van der Waals surface area (Å²) >= 11 is 0. The van der Waals surface area contributed by atoms with E-state index in [0.717, 1.165) is 25.0 Å². The Hall–Kier alpha value is -1.00. The fourth-order valence-electron chi connectivity index (χ4n) is 1.68. The van der Waals surface area contributed by atoms with Gasteiger partial charge in [0.1, 0.15) is 0 Å². The number of aliphatic hydroxyl groups excluding tert-OH is 1. The smallest absolute Gasteiger partial charge is 0.159 e. The summed E-state index contributed by atoms with van der Waals surface area (Å²) in [7, 11) is 0. The van der Waals surface area contributed by atoms with Crippen molar-refractivity contribution in [1.29, 1.82) is 0 Å². The summed E-state index contributed by atoms with van der Waals surface area (Å²) in [4.78, 5) is 0. The second-order valence-corrected chi connectivity index (χ2v) is 4.84. The first-order chi connectivity index (χ1) is 8.41. The molecule has 0 saturated heterocycles. The number of hydrogen-bond acceptors (Lipinski definition) is 2. The van der Waals surface area contributed by atoms with Crippen molar-refractivity contribution in [3.63, 3.8) is 0 Å². The molecule has 0 saturated carbocycles. The van der Waals surface area contributed by atoms with E-state index >= 15 is 0 Å². The summed E-state index contributed by atoms with van der Waals surface area (Å²) in [6, 6.07) is 3.48. The van der Waals surface area contributed by atoms with Crippen LogP contribution in [0.2, 0.25) is 0 Å². The van der Waals surface area contributed by atoms with Crippen molar-refractivity contribution in [3.8, 4) is 0 Å². The average Bonchev–Trinajstić information content (AvgIpc) is 2.38. The van der Waals surface area contributed by atoms with Gasteiger partial charge in [-0.05, 0) is 37.5 Å². The van der Waals surface area contributed by atoms with Crippen LogP contribution in [0.4, 0.5) is 8.78 Å². The van der Waals surface area contributed by atoms with Gasteiger partial charge in [0.25, 0.3) is 0 Å². The van der Waals surface area contributed by atoms with Crippen LogP contribution in [0.15, 0.2) is 18.2 Å². The van der Waals surface area contributed by atoms with Crippen LogP contribution in [0.25, 0.3) is 0 Å². The third-order valence-corrected chi connectivity index (χ3v) is 3.61. The zero-order valence-corrected chi connectivity index (χ0v) is 11.1. The maximum atomic E-state index is 13.0. The Morgan fingerprint density at radius 3 is 2.33 bits per heavy atom. The third-order valence-electron chi connectivity index (χ3n) is 3.61. The van der Waals surface area contributed by atoms with E-state index in [9.17, 15) is 13.9 Å². The van der Waals surface area contributed by atoms with Gasteiger partial charge in [-0.1, -0.05) is 19.9 Å². The van der Waals surface area contributed by atoms with E-state index in [1.54, 1.807) is 0 Å².